The number of carboxylic acid groups (broad SMARTS) is 1. The number of ether oxygens (including phenoxy) is 1. The molecule has 2 heterocycles. The van der Waals surface area contributed by atoms with Gasteiger partial charge in [0.15, 0.2) is 5.03 Å². The molecule has 2 aliphatic rings. The maximum Gasteiger partial charge on any atom is 0.337 e. The van der Waals surface area contributed by atoms with Crippen molar-refractivity contribution in [1.29, 1.82) is 0 Å². The lowest BCUT2D eigenvalue weighted by atomic mass is 10.2. The first-order valence-electron chi connectivity index (χ1n) is 6.83. The Kier molecular flexibility index (Phi) is 3.68. The molecule has 0 amide bonds. The summed E-state index contributed by atoms with van der Waals surface area (Å²) in [7, 11) is -3.71. The SMILES string of the molecule is O=C(O)c1ccc(S(=O)(=O)N2CCOC3CCCC32)nc1. The van der Waals surface area contributed by atoms with Gasteiger partial charge in [-0.15, -0.1) is 0 Å². The quantitative estimate of drug-likeness (QED) is 0.883. The molecule has 1 aliphatic heterocycles. The molecule has 0 spiro atoms. The van der Waals surface area contributed by atoms with Gasteiger partial charge in [-0.3, -0.25) is 0 Å². The Morgan fingerprint density at radius 1 is 1.38 bits per heavy atom. The summed E-state index contributed by atoms with van der Waals surface area (Å²) in [4.78, 5) is 14.6. The third-order valence-electron chi connectivity index (χ3n) is 3.99. The fourth-order valence-corrected chi connectivity index (χ4v) is 4.55. The summed E-state index contributed by atoms with van der Waals surface area (Å²) in [6, 6.07) is 2.37. The molecule has 2 fully saturated rings. The second kappa shape index (κ2) is 5.36. The average molecular weight is 312 g/mol. The number of morpholine rings is 1. The van der Waals surface area contributed by atoms with Crippen LogP contribution in [-0.2, 0) is 14.8 Å². The van der Waals surface area contributed by atoms with E-state index in [1.165, 1.54) is 16.4 Å². The van der Waals surface area contributed by atoms with E-state index in [1.54, 1.807) is 0 Å². The number of rotatable bonds is 3. The smallest absolute Gasteiger partial charge is 0.337 e. The molecule has 21 heavy (non-hydrogen) atoms. The predicted molar refractivity (Wildman–Crippen MR) is 72.5 cm³/mol. The maximum atomic E-state index is 12.7. The second-order valence-electron chi connectivity index (χ2n) is 5.21. The van der Waals surface area contributed by atoms with Crippen LogP contribution in [0.15, 0.2) is 23.4 Å². The molecule has 1 aromatic rings. The van der Waals surface area contributed by atoms with Crippen LogP contribution in [0.5, 0.6) is 0 Å². The number of hydrogen-bond acceptors (Lipinski definition) is 5. The third-order valence-corrected chi connectivity index (χ3v) is 5.83. The van der Waals surface area contributed by atoms with Gasteiger partial charge in [0.1, 0.15) is 0 Å². The summed E-state index contributed by atoms with van der Waals surface area (Å²) in [6.45, 7) is 0.694. The summed E-state index contributed by atoms with van der Waals surface area (Å²) in [5.74, 6) is -1.13. The second-order valence-corrected chi connectivity index (χ2v) is 7.05. The number of sulfonamides is 1. The Morgan fingerprint density at radius 2 is 2.19 bits per heavy atom. The van der Waals surface area contributed by atoms with E-state index in [1.807, 2.05) is 0 Å². The van der Waals surface area contributed by atoms with Crippen LogP contribution in [-0.4, -0.2) is 54.1 Å². The zero-order chi connectivity index (χ0) is 15.0. The fourth-order valence-electron chi connectivity index (χ4n) is 2.97. The van der Waals surface area contributed by atoms with E-state index in [9.17, 15) is 13.2 Å². The van der Waals surface area contributed by atoms with Crippen molar-refractivity contribution < 1.29 is 23.1 Å². The van der Waals surface area contributed by atoms with Crippen LogP contribution in [0.3, 0.4) is 0 Å². The number of pyridine rings is 1. The van der Waals surface area contributed by atoms with Crippen LogP contribution < -0.4 is 0 Å². The van der Waals surface area contributed by atoms with Crippen molar-refractivity contribution in [1.82, 2.24) is 9.29 Å². The first-order chi connectivity index (χ1) is 10.00. The molecule has 1 aromatic heterocycles. The number of nitrogens with zero attached hydrogens (tertiary/aromatic N) is 2. The van der Waals surface area contributed by atoms with Crippen molar-refractivity contribution in [3.8, 4) is 0 Å². The fraction of sp³-hybridized carbons (Fsp3) is 0.538. The van der Waals surface area contributed by atoms with Crippen molar-refractivity contribution in [3.63, 3.8) is 0 Å². The highest BCUT2D eigenvalue weighted by Gasteiger charge is 2.42. The van der Waals surface area contributed by atoms with Gasteiger partial charge >= 0.3 is 5.97 Å². The molecule has 0 aromatic carbocycles. The number of aromatic carboxylic acids is 1. The number of carbonyl (C=O) groups is 1. The molecule has 1 saturated carbocycles. The van der Waals surface area contributed by atoms with Gasteiger partial charge in [-0.05, 0) is 31.4 Å². The molecule has 3 rings (SSSR count). The molecule has 7 nitrogen and oxygen atoms in total. The summed E-state index contributed by atoms with van der Waals surface area (Å²) >= 11 is 0. The standard InChI is InChI=1S/C13H16N2O5S/c16-13(17)9-4-5-12(14-8-9)21(18,19)15-6-7-20-11-3-1-2-10(11)15/h4-5,8,10-11H,1-3,6-7H2,(H,16,17). The minimum atomic E-state index is -3.71. The zero-order valence-electron chi connectivity index (χ0n) is 11.3. The molecule has 1 aliphatic carbocycles. The topological polar surface area (TPSA) is 96.8 Å². The van der Waals surface area contributed by atoms with E-state index in [0.717, 1.165) is 25.5 Å². The van der Waals surface area contributed by atoms with Crippen LogP contribution in [0.25, 0.3) is 0 Å². The summed E-state index contributed by atoms with van der Waals surface area (Å²) < 4.78 is 32.4. The minimum Gasteiger partial charge on any atom is -0.478 e. The number of fused-ring (bicyclic) bond motifs is 1. The Morgan fingerprint density at radius 3 is 2.86 bits per heavy atom. The third kappa shape index (κ3) is 2.54. The Bertz CT molecular complexity index is 643. The van der Waals surface area contributed by atoms with Crippen molar-refractivity contribution >= 4 is 16.0 Å². The lowest BCUT2D eigenvalue weighted by molar-refractivity contribution is -0.0242. The molecule has 8 heteroatoms. The Labute approximate surface area is 122 Å². The molecule has 2 unspecified atom stereocenters. The maximum absolute atomic E-state index is 12.7. The van der Waals surface area contributed by atoms with E-state index in [4.69, 9.17) is 9.84 Å². The summed E-state index contributed by atoms with van der Waals surface area (Å²) in [5.41, 5.74) is -0.0327. The predicted octanol–water partition coefficient (Wildman–Crippen LogP) is 0.722. The van der Waals surface area contributed by atoms with Crippen LogP contribution >= 0.6 is 0 Å². The van der Waals surface area contributed by atoms with E-state index >= 15 is 0 Å². The van der Waals surface area contributed by atoms with E-state index in [0.29, 0.717) is 13.2 Å². The zero-order valence-corrected chi connectivity index (χ0v) is 12.1. The first kappa shape index (κ1) is 14.4. The Balaban J connectivity index is 1.90. The summed E-state index contributed by atoms with van der Waals surface area (Å²) in [6.07, 6.45) is 3.65. The van der Waals surface area contributed by atoms with E-state index in [-0.39, 0.29) is 22.7 Å². The normalized spacial score (nSPS) is 26.5. The highest BCUT2D eigenvalue weighted by atomic mass is 32.2. The number of aromatic nitrogens is 1. The van der Waals surface area contributed by atoms with Gasteiger partial charge in [0, 0.05) is 12.7 Å². The highest BCUT2D eigenvalue weighted by Crippen LogP contribution is 2.32. The monoisotopic (exact) mass is 312 g/mol. The number of carboxylic acids is 1. The lowest BCUT2D eigenvalue weighted by Gasteiger charge is -2.36. The van der Waals surface area contributed by atoms with Crippen LogP contribution in [0.1, 0.15) is 29.6 Å². The van der Waals surface area contributed by atoms with Crippen molar-refractivity contribution in [2.24, 2.45) is 0 Å². The van der Waals surface area contributed by atoms with Crippen LogP contribution in [0.2, 0.25) is 0 Å². The largest absolute Gasteiger partial charge is 0.478 e. The minimum absolute atomic E-state index is 0.0327. The van der Waals surface area contributed by atoms with Gasteiger partial charge in [0.25, 0.3) is 10.0 Å². The van der Waals surface area contributed by atoms with Gasteiger partial charge in [-0.25, -0.2) is 18.2 Å². The van der Waals surface area contributed by atoms with Gasteiger partial charge in [0.2, 0.25) is 0 Å². The molecule has 1 N–H and O–H groups in total. The molecular formula is C13H16N2O5S. The van der Waals surface area contributed by atoms with Crippen molar-refractivity contribution in [2.75, 3.05) is 13.2 Å². The van der Waals surface area contributed by atoms with E-state index in [2.05, 4.69) is 4.98 Å². The van der Waals surface area contributed by atoms with Gasteiger partial charge in [-0.2, -0.15) is 4.31 Å². The molecule has 0 bridgehead atoms. The van der Waals surface area contributed by atoms with Gasteiger partial charge in [-0.1, -0.05) is 0 Å². The molecule has 2 atom stereocenters. The van der Waals surface area contributed by atoms with Crippen molar-refractivity contribution in [2.45, 2.75) is 36.4 Å². The Hall–Kier alpha value is -1.51. The number of hydrogen-bond donors (Lipinski definition) is 1. The summed E-state index contributed by atoms with van der Waals surface area (Å²) in [5, 5.41) is 8.72. The molecule has 114 valence electrons. The highest BCUT2D eigenvalue weighted by molar-refractivity contribution is 7.89. The van der Waals surface area contributed by atoms with Crippen LogP contribution in [0, 0.1) is 0 Å². The van der Waals surface area contributed by atoms with Crippen molar-refractivity contribution in [3.05, 3.63) is 23.9 Å². The first-order valence-corrected chi connectivity index (χ1v) is 8.27. The van der Waals surface area contributed by atoms with Gasteiger partial charge in [0.05, 0.1) is 24.3 Å². The lowest BCUT2D eigenvalue weighted by Crippen LogP contribution is -2.51. The van der Waals surface area contributed by atoms with E-state index < -0.39 is 16.0 Å². The molecular weight excluding hydrogens is 296 g/mol. The van der Waals surface area contributed by atoms with Crippen LogP contribution in [0.4, 0.5) is 0 Å². The molecule has 0 radical (unpaired) electrons. The average Bonchev–Trinajstić information content (AvgIpc) is 2.95. The molecule has 1 saturated heterocycles. The van der Waals surface area contributed by atoms with Gasteiger partial charge < -0.3 is 9.84 Å².